The SMILES string of the molecule is CCC(=O)NCCNC(=O)CN1CCCC1=O. The summed E-state index contributed by atoms with van der Waals surface area (Å²) in [6.07, 6.45) is 1.81. The quantitative estimate of drug-likeness (QED) is 0.601. The highest BCUT2D eigenvalue weighted by molar-refractivity contribution is 5.85. The second-order valence-electron chi connectivity index (χ2n) is 3.97. The zero-order valence-corrected chi connectivity index (χ0v) is 10.1. The Kier molecular flexibility index (Phi) is 5.45. The molecule has 0 atom stereocenters. The first-order valence-electron chi connectivity index (χ1n) is 5.94. The number of rotatable bonds is 6. The van der Waals surface area contributed by atoms with Gasteiger partial charge in [-0.3, -0.25) is 14.4 Å². The van der Waals surface area contributed by atoms with E-state index in [1.807, 2.05) is 0 Å². The maximum atomic E-state index is 11.4. The molecule has 6 nitrogen and oxygen atoms in total. The van der Waals surface area contributed by atoms with Crippen LogP contribution in [0.15, 0.2) is 0 Å². The second-order valence-corrected chi connectivity index (χ2v) is 3.97. The van der Waals surface area contributed by atoms with Crippen LogP contribution >= 0.6 is 0 Å². The van der Waals surface area contributed by atoms with Gasteiger partial charge in [-0.05, 0) is 6.42 Å². The first kappa shape index (κ1) is 13.5. The molecule has 1 aliphatic rings. The highest BCUT2D eigenvalue weighted by atomic mass is 16.2. The van der Waals surface area contributed by atoms with Crippen LogP contribution in [0.4, 0.5) is 0 Å². The summed E-state index contributed by atoms with van der Waals surface area (Å²) in [5.41, 5.74) is 0. The van der Waals surface area contributed by atoms with Crippen molar-refractivity contribution in [1.82, 2.24) is 15.5 Å². The molecule has 1 rings (SSSR count). The Balaban J connectivity index is 2.09. The third-order valence-corrected chi connectivity index (χ3v) is 2.60. The van der Waals surface area contributed by atoms with Crippen LogP contribution in [0.3, 0.4) is 0 Å². The minimum atomic E-state index is -0.175. The van der Waals surface area contributed by atoms with Gasteiger partial charge in [-0.1, -0.05) is 6.92 Å². The van der Waals surface area contributed by atoms with Crippen LogP contribution in [0.5, 0.6) is 0 Å². The summed E-state index contributed by atoms with van der Waals surface area (Å²) < 4.78 is 0. The Morgan fingerprint density at radius 3 is 2.41 bits per heavy atom. The maximum Gasteiger partial charge on any atom is 0.239 e. The van der Waals surface area contributed by atoms with Crippen LogP contribution in [0.1, 0.15) is 26.2 Å². The number of carbonyl (C=O) groups excluding carboxylic acids is 3. The van der Waals surface area contributed by atoms with Crippen LogP contribution in [-0.2, 0) is 14.4 Å². The van der Waals surface area contributed by atoms with Crippen LogP contribution in [-0.4, -0.2) is 48.8 Å². The summed E-state index contributed by atoms with van der Waals surface area (Å²) >= 11 is 0. The van der Waals surface area contributed by atoms with Crippen molar-refractivity contribution >= 4 is 17.7 Å². The third kappa shape index (κ3) is 4.84. The Morgan fingerprint density at radius 2 is 1.88 bits per heavy atom. The lowest BCUT2D eigenvalue weighted by Crippen LogP contribution is -2.40. The Bertz CT molecular complexity index is 304. The summed E-state index contributed by atoms with van der Waals surface area (Å²) in [6, 6.07) is 0. The molecule has 0 bridgehead atoms. The largest absolute Gasteiger partial charge is 0.354 e. The zero-order valence-electron chi connectivity index (χ0n) is 10.1. The van der Waals surface area contributed by atoms with Crippen LogP contribution in [0, 0.1) is 0 Å². The van der Waals surface area contributed by atoms with Gasteiger partial charge in [0.2, 0.25) is 17.7 Å². The summed E-state index contributed by atoms with van der Waals surface area (Å²) in [5, 5.41) is 5.32. The van der Waals surface area contributed by atoms with Crippen molar-refractivity contribution in [2.75, 3.05) is 26.2 Å². The van der Waals surface area contributed by atoms with Crippen molar-refractivity contribution in [3.8, 4) is 0 Å². The minimum Gasteiger partial charge on any atom is -0.354 e. The lowest BCUT2D eigenvalue weighted by atomic mass is 10.4. The smallest absolute Gasteiger partial charge is 0.239 e. The average Bonchev–Trinajstić information content (AvgIpc) is 2.70. The van der Waals surface area contributed by atoms with Crippen molar-refractivity contribution < 1.29 is 14.4 Å². The van der Waals surface area contributed by atoms with E-state index in [4.69, 9.17) is 0 Å². The van der Waals surface area contributed by atoms with Crippen molar-refractivity contribution in [1.29, 1.82) is 0 Å². The molecule has 0 aromatic heterocycles. The van der Waals surface area contributed by atoms with Gasteiger partial charge in [-0.25, -0.2) is 0 Å². The number of carbonyl (C=O) groups is 3. The standard InChI is InChI=1S/C11H19N3O3/c1-2-9(15)12-5-6-13-10(16)8-14-7-3-4-11(14)17/h2-8H2,1H3,(H,12,15)(H,13,16). The van der Waals surface area contributed by atoms with Crippen LogP contribution in [0.2, 0.25) is 0 Å². The van der Waals surface area contributed by atoms with Gasteiger partial charge in [0.25, 0.3) is 0 Å². The molecule has 96 valence electrons. The number of nitrogens with zero attached hydrogens (tertiary/aromatic N) is 1. The first-order chi connectivity index (χ1) is 8.13. The summed E-state index contributed by atoms with van der Waals surface area (Å²) in [7, 11) is 0. The molecule has 3 amide bonds. The molecular formula is C11H19N3O3. The molecule has 0 saturated carbocycles. The van der Waals surface area contributed by atoms with Crippen molar-refractivity contribution in [3.63, 3.8) is 0 Å². The fourth-order valence-electron chi connectivity index (χ4n) is 1.63. The normalized spacial score (nSPS) is 14.9. The molecule has 0 aliphatic carbocycles. The molecule has 0 aromatic rings. The second kappa shape index (κ2) is 6.88. The maximum absolute atomic E-state index is 11.4. The van der Waals surface area contributed by atoms with Gasteiger partial charge >= 0.3 is 0 Å². The van der Waals surface area contributed by atoms with Gasteiger partial charge in [-0.2, -0.15) is 0 Å². The molecule has 1 fully saturated rings. The molecule has 0 radical (unpaired) electrons. The van der Waals surface area contributed by atoms with Crippen molar-refractivity contribution in [2.45, 2.75) is 26.2 Å². The van der Waals surface area contributed by atoms with E-state index in [2.05, 4.69) is 10.6 Å². The molecule has 6 heteroatoms. The molecule has 0 spiro atoms. The predicted molar refractivity (Wildman–Crippen MR) is 62.1 cm³/mol. The summed E-state index contributed by atoms with van der Waals surface area (Å²) in [5.74, 6) is -0.167. The lowest BCUT2D eigenvalue weighted by Gasteiger charge is -2.14. The first-order valence-corrected chi connectivity index (χ1v) is 5.94. The average molecular weight is 241 g/mol. The molecule has 1 saturated heterocycles. The van der Waals surface area contributed by atoms with Gasteiger partial charge in [0.1, 0.15) is 0 Å². The highest BCUT2D eigenvalue weighted by Crippen LogP contribution is 2.08. The van der Waals surface area contributed by atoms with Crippen molar-refractivity contribution in [3.05, 3.63) is 0 Å². The monoisotopic (exact) mass is 241 g/mol. The number of nitrogens with one attached hydrogen (secondary N) is 2. The van der Waals surface area contributed by atoms with Gasteiger partial charge < -0.3 is 15.5 Å². The van der Waals surface area contributed by atoms with E-state index < -0.39 is 0 Å². The lowest BCUT2D eigenvalue weighted by molar-refractivity contribution is -0.133. The van der Waals surface area contributed by atoms with E-state index in [-0.39, 0.29) is 24.3 Å². The number of hydrogen-bond donors (Lipinski definition) is 2. The Labute approximate surface area is 101 Å². The number of amides is 3. The molecule has 2 N–H and O–H groups in total. The number of hydrogen-bond acceptors (Lipinski definition) is 3. The van der Waals surface area contributed by atoms with Crippen LogP contribution in [0.25, 0.3) is 0 Å². The van der Waals surface area contributed by atoms with E-state index in [1.165, 1.54) is 0 Å². The Morgan fingerprint density at radius 1 is 1.24 bits per heavy atom. The van der Waals surface area contributed by atoms with E-state index in [0.29, 0.717) is 32.5 Å². The molecular weight excluding hydrogens is 222 g/mol. The highest BCUT2D eigenvalue weighted by Gasteiger charge is 2.21. The van der Waals surface area contributed by atoms with E-state index in [1.54, 1.807) is 11.8 Å². The predicted octanol–water partition coefficient (Wildman–Crippen LogP) is -0.749. The fraction of sp³-hybridized carbons (Fsp3) is 0.727. The van der Waals surface area contributed by atoms with Crippen LogP contribution < -0.4 is 10.6 Å². The zero-order chi connectivity index (χ0) is 12.7. The van der Waals surface area contributed by atoms with E-state index >= 15 is 0 Å². The van der Waals surface area contributed by atoms with Crippen molar-refractivity contribution in [2.24, 2.45) is 0 Å². The number of likely N-dealkylation sites (tertiary alicyclic amines) is 1. The van der Waals surface area contributed by atoms with Gasteiger partial charge in [-0.15, -0.1) is 0 Å². The summed E-state index contributed by atoms with van der Waals surface area (Å²) in [4.78, 5) is 35.2. The molecule has 17 heavy (non-hydrogen) atoms. The molecule has 1 heterocycles. The Hall–Kier alpha value is -1.59. The van der Waals surface area contributed by atoms with E-state index in [9.17, 15) is 14.4 Å². The molecule has 0 aromatic carbocycles. The summed E-state index contributed by atoms with van der Waals surface area (Å²) in [6.45, 7) is 3.38. The molecule has 0 unspecified atom stereocenters. The topological polar surface area (TPSA) is 78.5 Å². The minimum absolute atomic E-state index is 0.0334. The van der Waals surface area contributed by atoms with Gasteiger partial charge in [0.05, 0.1) is 6.54 Å². The fourth-order valence-corrected chi connectivity index (χ4v) is 1.63. The molecule has 1 aliphatic heterocycles. The van der Waals surface area contributed by atoms with Gasteiger partial charge in [0.15, 0.2) is 0 Å². The van der Waals surface area contributed by atoms with Gasteiger partial charge in [0, 0.05) is 32.5 Å². The third-order valence-electron chi connectivity index (χ3n) is 2.60. The van der Waals surface area contributed by atoms with E-state index in [0.717, 1.165) is 6.42 Å².